The Morgan fingerprint density at radius 1 is 1.50 bits per heavy atom. The monoisotopic (exact) mass is 303 g/mol. The number of carbonyl (C=O) groups excluding carboxylic acids is 2. The third-order valence-electron chi connectivity index (χ3n) is 3.87. The first-order chi connectivity index (χ1) is 10.6. The molecule has 1 unspecified atom stereocenters. The summed E-state index contributed by atoms with van der Waals surface area (Å²) in [5.74, 6) is -1.08. The number of rotatable bonds is 6. The number of hydrogen-bond donors (Lipinski definition) is 1. The van der Waals surface area contributed by atoms with E-state index in [1.54, 1.807) is 0 Å². The highest BCUT2D eigenvalue weighted by atomic mass is 16.5. The van der Waals surface area contributed by atoms with E-state index >= 15 is 0 Å². The van der Waals surface area contributed by atoms with E-state index < -0.39 is 18.2 Å². The van der Waals surface area contributed by atoms with Crippen molar-refractivity contribution < 1.29 is 19.4 Å². The molecule has 0 aliphatic carbocycles. The average molecular weight is 303 g/mol. The summed E-state index contributed by atoms with van der Waals surface area (Å²) in [6.45, 7) is 5.43. The van der Waals surface area contributed by atoms with Crippen LogP contribution in [0.2, 0.25) is 0 Å². The number of carbonyl (C=O) groups is 2. The van der Waals surface area contributed by atoms with E-state index in [9.17, 15) is 14.7 Å². The van der Waals surface area contributed by atoms with Gasteiger partial charge in [0.05, 0.1) is 24.7 Å². The number of benzene rings is 1. The zero-order valence-electron chi connectivity index (χ0n) is 12.6. The summed E-state index contributed by atoms with van der Waals surface area (Å²) in [4.78, 5) is 25.3. The van der Waals surface area contributed by atoms with E-state index in [0.29, 0.717) is 19.3 Å². The Morgan fingerprint density at radius 3 is 2.73 bits per heavy atom. The Labute approximate surface area is 130 Å². The van der Waals surface area contributed by atoms with Crippen molar-refractivity contribution in [2.45, 2.75) is 31.7 Å². The van der Waals surface area contributed by atoms with Crippen LogP contribution in [0, 0.1) is 5.92 Å². The normalized spacial score (nSPS) is 23.8. The van der Waals surface area contributed by atoms with Gasteiger partial charge in [0.2, 0.25) is 5.91 Å². The summed E-state index contributed by atoms with van der Waals surface area (Å²) in [6, 6.07) is 9.49. The minimum Gasteiger partial charge on any atom is -0.392 e. The van der Waals surface area contributed by atoms with Crippen LogP contribution >= 0.6 is 0 Å². The van der Waals surface area contributed by atoms with Crippen molar-refractivity contribution in [3.05, 3.63) is 48.6 Å². The lowest BCUT2D eigenvalue weighted by atomic mass is 9.99. The fourth-order valence-corrected chi connectivity index (χ4v) is 2.71. The topological polar surface area (TPSA) is 66.8 Å². The number of aliphatic hydroxyl groups is 1. The van der Waals surface area contributed by atoms with Gasteiger partial charge in [-0.25, -0.2) is 0 Å². The third-order valence-corrected chi connectivity index (χ3v) is 3.87. The number of nitrogens with zero attached hydrogens (tertiary/aromatic N) is 1. The largest absolute Gasteiger partial charge is 0.392 e. The summed E-state index contributed by atoms with van der Waals surface area (Å²) < 4.78 is 5.42. The van der Waals surface area contributed by atoms with Gasteiger partial charge in [0, 0.05) is 0 Å². The molecule has 0 spiro atoms. The molecule has 0 radical (unpaired) electrons. The van der Waals surface area contributed by atoms with E-state index in [0.717, 1.165) is 5.56 Å². The van der Waals surface area contributed by atoms with Gasteiger partial charge in [0.15, 0.2) is 12.5 Å². The first kappa shape index (κ1) is 16.4. The van der Waals surface area contributed by atoms with Crippen LogP contribution in [0.15, 0.2) is 43.0 Å². The smallest absolute Gasteiger partial charge is 0.234 e. The molecular formula is C17H21NO4. The fourth-order valence-electron chi connectivity index (χ4n) is 2.71. The van der Waals surface area contributed by atoms with Crippen LogP contribution in [0.4, 0.5) is 0 Å². The molecule has 1 saturated heterocycles. The van der Waals surface area contributed by atoms with Gasteiger partial charge in [-0.15, -0.1) is 6.58 Å². The van der Waals surface area contributed by atoms with Crippen molar-refractivity contribution in [3.63, 3.8) is 0 Å². The maximum Gasteiger partial charge on any atom is 0.234 e. The molecule has 4 atom stereocenters. The van der Waals surface area contributed by atoms with Crippen LogP contribution in [0.1, 0.15) is 12.5 Å². The summed E-state index contributed by atoms with van der Waals surface area (Å²) in [6.07, 6.45) is 0.857. The molecule has 1 fully saturated rings. The Morgan fingerprint density at radius 2 is 2.18 bits per heavy atom. The van der Waals surface area contributed by atoms with Gasteiger partial charge in [-0.3, -0.25) is 9.59 Å². The van der Waals surface area contributed by atoms with Crippen LogP contribution < -0.4 is 0 Å². The lowest BCUT2D eigenvalue weighted by Crippen LogP contribution is -2.48. The lowest BCUT2D eigenvalue weighted by Gasteiger charge is -2.29. The number of hydrogen-bond acceptors (Lipinski definition) is 4. The first-order valence-electron chi connectivity index (χ1n) is 7.32. The zero-order chi connectivity index (χ0) is 16.1. The number of ether oxygens (including phenoxy) is 1. The second kappa shape index (κ2) is 7.33. The molecule has 1 aliphatic heterocycles. The van der Waals surface area contributed by atoms with Gasteiger partial charge in [-0.05, 0) is 18.9 Å². The summed E-state index contributed by atoms with van der Waals surface area (Å²) in [7, 11) is 0. The number of amides is 1. The second-order valence-electron chi connectivity index (χ2n) is 5.45. The highest BCUT2D eigenvalue weighted by Crippen LogP contribution is 2.23. The van der Waals surface area contributed by atoms with Crippen LogP contribution in [-0.2, 0) is 20.7 Å². The first-order valence-corrected chi connectivity index (χ1v) is 7.32. The van der Waals surface area contributed by atoms with Gasteiger partial charge < -0.3 is 14.7 Å². The molecule has 0 aromatic heterocycles. The Bertz CT molecular complexity index is 529. The van der Waals surface area contributed by atoms with E-state index in [1.807, 2.05) is 30.3 Å². The van der Waals surface area contributed by atoms with Crippen molar-refractivity contribution >= 4 is 12.2 Å². The van der Waals surface area contributed by atoms with Crippen molar-refractivity contribution in [2.24, 2.45) is 5.92 Å². The van der Waals surface area contributed by atoms with Gasteiger partial charge >= 0.3 is 0 Å². The maximum atomic E-state index is 12.6. The summed E-state index contributed by atoms with van der Waals surface area (Å²) >= 11 is 0. The molecule has 1 amide bonds. The molecule has 2 rings (SSSR count). The Hall–Kier alpha value is -1.98. The molecule has 1 heterocycles. The Kier molecular flexibility index (Phi) is 5.46. The fraction of sp³-hybridized carbons (Fsp3) is 0.412. The van der Waals surface area contributed by atoms with Crippen LogP contribution in [-0.4, -0.2) is 47.2 Å². The van der Waals surface area contributed by atoms with Crippen molar-refractivity contribution in [2.75, 3.05) is 6.61 Å². The predicted octanol–water partition coefficient (Wildman–Crippen LogP) is 1.16. The van der Waals surface area contributed by atoms with Gasteiger partial charge in [-0.2, -0.15) is 0 Å². The molecular weight excluding hydrogens is 282 g/mol. The Balaban J connectivity index is 2.20. The van der Waals surface area contributed by atoms with E-state index in [4.69, 9.17) is 4.74 Å². The summed E-state index contributed by atoms with van der Waals surface area (Å²) in [5.41, 5.74) is 1.06. The molecule has 5 heteroatoms. The maximum absolute atomic E-state index is 12.6. The average Bonchev–Trinajstić information content (AvgIpc) is 2.91. The molecule has 0 saturated carbocycles. The molecule has 0 bridgehead atoms. The minimum atomic E-state index is -0.901. The van der Waals surface area contributed by atoms with Gasteiger partial charge in [0.25, 0.3) is 0 Å². The second-order valence-corrected chi connectivity index (χ2v) is 5.45. The quantitative estimate of drug-likeness (QED) is 0.633. The van der Waals surface area contributed by atoms with Crippen molar-refractivity contribution in [1.82, 2.24) is 4.90 Å². The molecule has 5 nitrogen and oxygen atoms in total. The molecule has 1 aliphatic rings. The summed E-state index contributed by atoms with van der Waals surface area (Å²) in [5, 5.41) is 9.73. The van der Waals surface area contributed by atoms with Gasteiger partial charge in [0.1, 0.15) is 0 Å². The van der Waals surface area contributed by atoms with Crippen LogP contribution in [0.3, 0.4) is 0 Å². The minimum absolute atomic E-state index is 0.230. The lowest BCUT2D eigenvalue weighted by molar-refractivity contribution is -0.147. The van der Waals surface area contributed by atoms with E-state index in [1.165, 1.54) is 17.9 Å². The highest BCUT2D eigenvalue weighted by molar-refractivity contribution is 5.84. The van der Waals surface area contributed by atoms with Crippen LogP contribution in [0.5, 0.6) is 0 Å². The number of aldehydes is 1. The molecule has 118 valence electrons. The molecule has 1 aromatic rings. The van der Waals surface area contributed by atoms with E-state index in [2.05, 4.69) is 6.58 Å². The SMILES string of the molecule is C=C[C@@H](C(=O)N1C(C=O)OC[C@H]1Cc1ccccc1)[C@H](C)O. The van der Waals surface area contributed by atoms with E-state index in [-0.39, 0.29) is 11.9 Å². The number of aliphatic hydroxyl groups excluding tert-OH is 1. The van der Waals surface area contributed by atoms with Crippen molar-refractivity contribution in [1.29, 1.82) is 0 Å². The zero-order valence-corrected chi connectivity index (χ0v) is 12.6. The van der Waals surface area contributed by atoms with Crippen LogP contribution in [0.25, 0.3) is 0 Å². The highest BCUT2D eigenvalue weighted by Gasteiger charge is 2.40. The standard InChI is InChI=1S/C17H21NO4/c1-3-15(12(2)20)17(21)18-14(11-22-16(18)10-19)9-13-7-5-4-6-8-13/h3-8,10,12,14-16,20H,1,9,11H2,2H3/t12-,14+,15+,16?/m0/s1. The van der Waals surface area contributed by atoms with Gasteiger partial charge in [-0.1, -0.05) is 36.4 Å². The molecule has 1 aromatic carbocycles. The van der Waals surface area contributed by atoms with Crippen molar-refractivity contribution in [3.8, 4) is 0 Å². The predicted molar refractivity (Wildman–Crippen MR) is 82.0 cm³/mol. The third kappa shape index (κ3) is 3.43. The molecule has 22 heavy (non-hydrogen) atoms. The molecule has 1 N–H and O–H groups in total.